The van der Waals surface area contributed by atoms with Crippen LogP contribution in [0.3, 0.4) is 0 Å². The molecule has 2 aromatic carbocycles. The Hall–Kier alpha value is -2.76. The van der Waals surface area contributed by atoms with Gasteiger partial charge in [0, 0.05) is 25.8 Å². The van der Waals surface area contributed by atoms with Gasteiger partial charge in [-0.2, -0.15) is 12.7 Å². The van der Waals surface area contributed by atoms with Crippen LogP contribution in [0.4, 0.5) is 15.8 Å². The lowest BCUT2D eigenvalue weighted by molar-refractivity contribution is -0.114. The number of aromatic nitrogens is 1. The molecule has 31 heavy (non-hydrogen) atoms. The molecule has 0 saturated carbocycles. The zero-order valence-corrected chi connectivity index (χ0v) is 19.1. The molecule has 3 rings (SSSR count). The van der Waals surface area contributed by atoms with Gasteiger partial charge in [0.05, 0.1) is 15.9 Å². The first-order valence-electron chi connectivity index (χ1n) is 9.42. The number of para-hydroxylation sites is 1. The van der Waals surface area contributed by atoms with Crippen LogP contribution in [-0.2, 0) is 15.0 Å². The Morgan fingerprint density at radius 1 is 1.19 bits per heavy atom. The molecule has 0 bridgehead atoms. The van der Waals surface area contributed by atoms with Crippen LogP contribution in [-0.4, -0.2) is 43.8 Å². The Labute approximate surface area is 183 Å². The second-order valence-corrected chi connectivity index (χ2v) is 10.4. The number of thiazole rings is 1. The molecule has 1 aromatic heterocycles. The third-order valence-electron chi connectivity index (χ3n) is 4.56. The van der Waals surface area contributed by atoms with Gasteiger partial charge in [-0.25, -0.2) is 8.70 Å². The monoisotopic (exact) mass is 466 g/mol. The number of halogens is 1. The van der Waals surface area contributed by atoms with Crippen molar-refractivity contribution in [2.24, 2.45) is 0 Å². The first kappa shape index (κ1) is 22.9. The number of amides is 1. The lowest BCUT2D eigenvalue weighted by atomic mass is 10.2. The molecule has 0 radical (unpaired) electrons. The van der Waals surface area contributed by atoms with Gasteiger partial charge in [-0.05, 0) is 44.2 Å². The van der Waals surface area contributed by atoms with Crippen LogP contribution in [0.1, 0.15) is 19.9 Å². The van der Waals surface area contributed by atoms with Crippen molar-refractivity contribution in [1.29, 1.82) is 0 Å². The van der Waals surface area contributed by atoms with E-state index < -0.39 is 28.5 Å². The van der Waals surface area contributed by atoms with Crippen molar-refractivity contribution in [3.63, 3.8) is 0 Å². The fraction of sp³-hybridized carbons (Fsp3) is 0.300. The normalized spacial score (nSPS) is 12.0. The number of rotatable bonds is 7. The van der Waals surface area contributed by atoms with Gasteiger partial charge in [-0.15, -0.1) is 0 Å². The summed E-state index contributed by atoms with van der Waals surface area (Å²) in [6, 6.07) is 10.4. The summed E-state index contributed by atoms with van der Waals surface area (Å²) in [6.45, 7) is 3.19. The van der Waals surface area contributed by atoms with Crippen molar-refractivity contribution in [1.82, 2.24) is 8.87 Å². The molecule has 1 N–H and O–H groups in total. The molecule has 166 valence electrons. The molecular weight excluding hydrogens is 443 g/mol. The SMILES string of the molecule is CC(C)n1c(=O)sc2cc(NC(=O)CN(c3ccccc3F)S(=O)(=O)N(C)C)ccc21. The summed E-state index contributed by atoms with van der Waals surface area (Å²) in [5, 5.41) is 2.63. The minimum Gasteiger partial charge on any atom is -0.324 e. The van der Waals surface area contributed by atoms with Gasteiger partial charge in [0.1, 0.15) is 12.4 Å². The van der Waals surface area contributed by atoms with Gasteiger partial charge in [0.15, 0.2) is 0 Å². The molecule has 0 aliphatic rings. The van der Waals surface area contributed by atoms with Crippen LogP contribution in [0.5, 0.6) is 0 Å². The number of hydrogen-bond acceptors (Lipinski definition) is 5. The molecule has 0 unspecified atom stereocenters. The standard InChI is InChI=1S/C20H23FN4O4S2/c1-13(2)25-17-10-9-14(11-18(17)30-20(25)27)22-19(26)12-24(31(28,29)23(3)4)16-8-6-5-7-15(16)21/h5-11,13H,12H2,1-4H3,(H,22,26). The summed E-state index contributed by atoms with van der Waals surface area (Å²) in [4.78, 5) is 24.8. The maximum Gasteiger partial charge on any atom is 0.308 e. The number of carbonyl (C=O) groups is 1. The number of fused-ring (bicyclic) bond motifs is 1. The van der Waals surface area contributed by atoms with Crippen LogP contribution in [0, 0.1) is 5.82 Å². The predicted molar refractivity (Wildman–Crippen MR) is 121 cm³/mol. The lowest BCUT2D eigenvalue weighted by Gasteiger charge is -2.27. The van der Waals surface area contributed by atoms with Crippen LogP contribution in [0.2, 0.25) is 0 Å². The average molecular weight is 467 g/mol. The summed E-state index contributed by atoms with van der Waals surface area (Å²) in [7, 11) is -1.52. The van der Waals surface area contributed by atoms with Gasteiger partial charge in [0.2, 0.25) is 5.91 Å². The highest BCUT2D eigenvalue weighted by molar-refractivity contribution is 7.90. The van der Waals surface area contributed by atoms with E-state index in [2.05, 4.69) is 5.32 Å². The fourth-order valence-corrected chi connectivity index (χ4v) is 5.20. The van der Waals surface area contributed by atoms with Gasteiger partial charge in [0.25, 0.3) is 0 Å². The van der Waals surface area contributed by atoms with Crippen molar-refractivity contribution < 1.29 is 17.6 Å². The molecule has 0 atom stereocenters. The highest BCUT2D eigenvalue weighted by atomic mass is 32.2. The molecule has 0 spiro atoms. The van der Waals surface area contributed by atoms with E-state index in [1.54, 1.807) is 22.8 Å². The first-order valence-corrected chi connectivity index (χ1v) is 11.6. The molecule has 1 heterocycles. The maximum absolute atomic E-state index is 14.3. The summed E-state index contributed by atoms with van der Waals surface area (Å²) in [5.41, 5.74) is 0.936. The van der Waals surface area contributed by atoms with E-state index in [1.165, 1.54) is 32.3 Å². The minimum absolute atomic E-state index is 0.00717. The van der Waals surface area contributed by atoms with Gasteiger partial charge in [-0.3, -0.25) is 14.2 Å². The summed E-state index contributed by atoms with van der Waals surface area (Å²) < 4.78 is 43.7. The Balaban J connectivity index is 1.89. The van der Waals surface area contributed by atoms with E-state index in [9.17, 15) is 22.4 Å². The molecule has 8 nitrogen and oxygen atoms in total. The number of nitrogens with zero attached hydrogens (tertiary/aromatic N) is 3. The first-order chi connectivity index (χ1) is 14.5. The number of nitrogens with one attached hydrogen (secondary N) is 1. The topological polar surface area (TPSA) is 91.7 Å². The molecule has 11 heteroatoms. The van der Waals surface area contributed by atoms with Gasteiger partial charge in [-0.1, -0.05) is 23.5 Å². The molecule has 0 aliphatic heterocycles. The van der Waals surface area contributed by atoms with Gasteiger partial charge >= 0.3 is 15.1 Å². The van der Waals surface area contributed by atoms with Crippen LogP contribution >= 0.6 is 11.3 Å². The predicted octanol–water partition coefficient (Wildman–Crippen LogP) is 3.03. The summed E-state index contributed by atoms with van der Waals surface area (Å²) in [6.07, 6.45) is 0. The van der Waals surface area contributed by atoms with E-state index in [0.717, 1.165) is 27.2 Å². The van der Waals surface area contributed by atoms with E-state index in [4.69, 9.17) is 0 Å². The number of hydrogen-bond donors (Lipinski definition) is 1. The molecule has 0 fully saturated rings. The van der Waals surface area contributed by atoms with E-state index in [1.807, 2.05) is 13.8 Å². The lowest BCUT2D eigenvalue weighted by Crippen LogP contribution is -2.44. The van der Waals surface area contributed by atoms with Crippen molar-refractivity contribution >= 4 is 49.0 Å². The Morgan fingerprint density at radius 3 is 2.48 bits per heavy atom. The minimum atomic E-state index is -4.13. The Morgan fingerprint density at radius 2 is 1.87 bits per heavy atom. The largest absolute Gasteiger partial charge is 0.324 e. The third-order valence-corrected chi connectivity index (χ3v) is 7.29. The molecule has 0 aliphatic carbocycles. The zero-order valence-electron chi connectivity index (χ0n) is 17.5. The zero-order chi connectivity index (χ0) is 22.9. The van der Waals surface area contributed by atoms with Crippen LogP contribution in [0.25, 0.3) is 10.2 Å². The second kappa shape index (κ2) is 8.77. The number of anilines is 2. The van der Waals surface area contributed by atoms with Crippen molar-refractivity contribution in [3.05, 3.63) is 57.9 Å². The van der Waals surface area contributed by atoms with Crippen LogP contribution in [0.15, 0.2) is 47.3 Å². The Kier molecular flexibility index (Phi) is 6.48. The van der Waals surface area contributed by atoms with Crippen molar-refractivity contribution in [2.45, 2.75) is 19.9 Å². The third kappa shape index (κ3) is 4.63. The molecule has 3 aromatic rings. The quantitative estimate of drug-likeness (QED) is 0.579. The average Bonchev–Trinajstić information content (AvgIpc) is 3.01. The number of carbonyl (C=O) groups excluding carboxylic acids is 1. The fourth-order valence-electron chi connectivity index (χ4n) is 3.08. The summed E-state index contributed by atoms with van der Waals surface area (Å²) >= 11 is 1.06. The van der Waals surface area contributed by atoms with Crippen LogP contribution < -0.4 is 14.5 Å². The molecule has 1 amide bonds. The van der Waals surface area contributed by atoms with Gasteiger partial charge < -0.3 is 5.32 Å². The summed E-state index contributed by atoms with van der Waals surface area (Å²) in [5.74, 6) is -1.41. The maximum atomic E-state index is 14.3. The van der Waals surface area contributed by atoms with E-state index >= 15 is 0 Å². The highest BCUT2D eigenvalue weighted by Crippen LogP contribution is 2.25. The van der Waals surface area contributed by atoms with Crippen molar-refractivity contribution in [2.75, 3.05) is 30.3 Å². The second-order valence-electron chi connectivity index (χ2n) is 7.31. The van der Waals surface area contributed by atoms with E-state index in [-0.39, 0.29) is 16.6 Å². The Bertz CT molecular complexity index is 1280. The highest BCUT2D eigenvalue weighted by Gasteiger charge is 2.29. The molecular formula is C20H23FN4O4S2. The van der Waals surface area contributed by atoms with Crippen molar-refractivity contribution in [3.8, 4) is 0 Å². The molecule has 0 saturated heterocycles. The van der Waals surface area contributed by atoms with E-state index in [0.29, 0.717) is 14.7 Å². The number of benzene rings is 2. The smallest absolute Gasteiger partial charge is 0.308 e.